The van der Waals surface area contributed by atoms with Gasteiger partial charge in [-0.25, -0.2) is 13.4 Å². The van der Waals surface area contributed by atoms with Gasteiger partial charge in [-0.3, -0.25) is 9.59 Å². The van der Waals surface area contributed by atoms with Gasteiger partial charge in [0.1, 0.15) is 11.6 Å². The van der Waals surface area contributed by atoms with Crippen molar-refractivity contribution in [3.63, 3.8) is 0 Å². The van der Waals surface area contributed by atoms with Crippen molar-refractivity contribution in [2.45, 2.75) is 18.8 Å². The molecule has 1 aromatic rings. The minimum atomic E-state index is -3.10. The number of carboxylic acids is 1. The van der Waals surface area contributed by atoms with Crippen LogP contribution in [0.1, 0.15) is 23.7 Å². The number of carboxylic acid groups (broad SMARTS) is 1. The first-order chi connectivity index (χ1) is 8.78. The summed E-state index contributed by atoms with van der Waals surface area (Å²) in [4.78, 5) is 28.7. The van der Waals surface area contributed by atoms with Gasteiger partial charge >= 0.3 is 5.97 Å². The van der Waals surface area contributed by atoms with Crippen LogP contribution in [0.15, 0.2) is 4.79 Å². The number of sulfone groups is 1. The van der Waals surface area contributed by atoms with E-state index < -0.39 is 27.8 Å². The molecule has 0 aromatic carbocycles. The second-order valence-electron chi connectivity index (χ2n) is 4.49. The number of hydrogen-bond acceptors (Lipinski definition) is 6. The van der Waals surface area contributed by atoms with Crippen LogP contribution in [0, 0.1) is 0 Å². The summed E-state index contributed by atoms with van der Waals surface area (Å²) in [5.74, 6) is -1.55. The van der Waals surface area contributed by atoms with Crippen molar-refractivity contribution in [3.8, 4) is 0 Å². The Labute approximate surface area is 108 Å². The number of hydrogen-bond donors (Lipinski definition) is 3. The molecule has 4 N–H and O–H groups in total. The summed E-state index contributed by atoms with van der Waals surface area (Å²) in [6.07, 6.45) is -0.138. The Morgan fingerprint density at radius 3 is 2.68 bits per heavy atom. The zero-order valence-electron chi connectivity index (χ0n) is 9.92. The van der Waals surface area contributed by atoms with Gasteiger partial charge in [-0.15, -0.1) is 0 Å². The van der Waals surface area contributed by atoms with Crippen molar-refractivity contribution < 1.29 is 18.3 Å². The highest BCUT2D eigenvalue weighted by Gasteiger charge is 2.31. The topological polar surface area (TPSA) is 143 Å². The van der Waals surface area contributed by atoms with Crippen molar-refractivity contribution in [1.82, 2.24) is 9.97 Å². The average Bonchev–Trinajstić information content (AvgIpc) is 2.63. The third-order valence-corrected chi connectivity index (χ3v) is 4.78. The van der Waals surface area contributed by atoms with E-state index in [1.54, 1.807) is 0 Å². The lowest BCUT2D eigenvalue weighted by Gasteiger charge is -2.09. The third kappa shape index (κ3) is 2.92. The standard InChI is InChI=1S/C10H13N3O5S/c11-8-6(3-7(14)15)10(16)13-9(12-8)5-1-2-19(17,18)4-5/h5H,1-4H2,(H,14,15)(H3,11,12,13,16). The van der Waals surface area contributed by atoms with Gasteiger partial charge < -0.3 is 15.8 Å². The van der Waals surface area contributed by atoms with Crippen LogP contribution in [0.3, 0.4) is 0 Å². The first-order valence-corrected chi connectivity index (χ1v) is 7.41. The second-order valence-corrected chi connectivity index (χ2v) is 6.71. The minimum Gasteiger partial charge on any atom is -0.481 e. The number of nitrogens with zero attached hydrogens (tertiary/aromatic N) is 1. The molecule has 0 aliphatic carbocycles. The predicted molar refractivity (Wildman–Crippen MR) is 66.6 cm³/mol. The van der Waals surface area contributed by atoms with Crippen LogP contribution >= 0.6 is 0 Å². The fourth-order valence-corrected chi connectivity index (χ4v) is 3.81. The molecule has 1 atom stereocenters. The molecule has 2 rings (SSSR count). The molecule has 1 unspecified atom stereocenters. The first-order valence-electron chi connectivity index (χ1n) is 5.59. The molecule has 1 aromatic heterocycles. The number of nitrogen functional groups attached to an aromatic ring is 1. The highest BCUT2D eigenvalue weighted by molar-refractivity contribution is 7.91. The number of nitrogens with one attached hydrogen (secondary N) is 1. The number of nitrogens with two attached hydrogens (primary N) is 1. The van der Waals surface area contributed by atoms with Crippen LogP contribution < -0.4 is 11.3 Å². The van der Waals surface area contributed by atoms with Crippen LogP contribution in [0.2, 0.25) is 0 Å². The number of aliphatic carboxylic acids is 1. The largest absolute Gasteiger partial charge is 0.481 e. The smallest absolute Gasteiger partial charge is 0.308 e. The lowest BCUT2D eigenvalue weighted by atomic mass is 10.1. The molecule has 1 fully saturated rings. The molecule has 1 saturated heterocycles. The van der Waals surface area contributed by atoms with Gasteiger partial charge in [-0.1, -0.05) is 0 Å². The lowest BCUT2D eigenvalue weighted by Crippen LogP contribution is -2.23. The number of carbonyl (C=O) groups is 1. The summed E-state index contributed by atoms with van der Waals surface area (Å²) >= 11 is 0. The van der Waals surface area contributed by atoms with Gasteiger partial charge in [0, 0.05) is 5.92 Å². The quantitative estimate of drug-likeness (QED) is 0.638. The van der Waals surface area contributed by atoms with E-state index in [2.05, 4.69) is 9.97 Å². The van der Waals surface area contributed by atoms with E-state index in [0.717, 1.165) is 0 Å². The Hall–Kier alpha value is -1.90. The van der Waals surface area contributed by atoms with E-state index in [9.17, 15) is 18.0 Å². The van der Waals surface area contributed by atoms with Crippen molar-refractivity contribution in [2.75, 3.05) is 17.2 Å². The summed E-state index contributed by atoms with van der Waals surface area (Å²) in [6.45, 7) is 0. The molecule has 104 valence electrons. The Balaban J connectivity index is 2.36. The number of rotatable bonds is 3. The van der Waals surface area contributed by atoms with Gasteiger partial charge in [-0.2, -0.15) is 0 Å². The molecule has 1 aliphatic rings. The fraction of sp³-hybridized carbons (Fsp3) is 0.500. The Kier molecular flexibility index (Phi) is 3.31. The highest BCUT2D eigenvalue weighted by atomic mass is 32.2. The van der Waals surface area contributed by atoms with Crippen molar-refractivity contribution >= 4 is 21.6 Å². The molecule has 0 radical (unpaired) electrons. The van der Waals surface area contributed by atoms with Crippen LogP contribution in [0.25, 0.3) is 0 Å². The molecule has 19 heavy (non-hydrogen) atoms. The highest BCUT2D eigenvalue weighted by Crippen LogP contribution is 2.26. The van der Waals surface area contributed by atoms with E-state index in [1.165, 1.54) is 0 Å². The summed E-state index contributed by atoms with van der Waals surface area (Å²) in [7, 11) is -3.10. The normalized spacial score (nSPS) is 21.4. The molecule has 9 heteroatoms. The van der Waals surface area contributed by atoms with Crippen molar-refractivity contribution in [2.24, 2.45) is 0 Å². The van der Waals surface area contributed by atoms with Gasteiger partial charge in [0.15, 0.2) is 9.84 Å². The zero-order chi connectivity index (χ0) is 14.2. The summed E-state index contributed by atoms with van der Waals surface area (Å²) < 4.78 is 22.7. The van der Waals surface area contributed by atoms with E-state index in [-0.39, 0.29) is 34.6 Å². The number of H-pyrrole nitrogens is 1. The van der Waals surface area contributed by atoms with Gasteiger partial charge in [-0.05, 0) is 6.42 Å². The monoisotopic (exact) mass is 287 g/mol. The Morgan fingerprint density at radius 2 is 2.21 bits per heavy atom. The van der Waals surface area contributed by atoms with Gasteiger partial charge in [0.2, 0.25) is 0 Å². The van der Waals surface area contributed by atoms with E-state index in [1.807, 2.05) is 0 Å². The van der Waals surface area contributed by atoms with E-state index in [0.29, 0.717) is 6.42 Å². The lowest BCUT2D eigenvalue weighted by molar-refractivity contribution is -0.136. The molecular weight excluding hydrogens is 274 g/mol. The molecule has 0 amide bonds. The maximum absolute atomic E-state index is 11.7. The molecular formula is C10H13N3O5S. The van der Waals surface area contributed by atoms with E-state index >= 15 is 0 Å². The maximum Gasteiger partial charge on any atom is 0.308 e. The first kappa shape index (κ1) is 13.5. The summed E-state index contributed by atoms with van der Waals surface area (Å²) in [6, 6.07) is 0. The van der Waals surface area contributed by atoms with Gasteiger partial charge in [0.25, 0.3) is 5.56 Å². The zero-order valence-corrected chi connectivity index (χ0v) is 10.7. The van der Waals surface area contributed by atoms with Crippen LogP contribution in [-0.2, 0) is 21.1 Å². The molecule has 0 bridgehead atoms. The molecule has 1 aliphatic heterocycles. The van der Waals surface area contributed by atoms with Crippen LogP contribution in [-0.4, -0.2) is 41.0 Å². The van der Waals surface area contributed by atoms with Crippen LogP contribution in [0.5, 0.6) is 0 Å². The second kappa shape index (κ2) is 4.65. The fourth-order valence-electron chi connectivity index (χ4n) is 2.06. The molecule has 0 saturated carbocycles. The maximum atomic E-state index is 11.7. The summed E-state index contributed by atoms with van der Waals surface area (Å²) in [5, 5.41) is 8.65. The van der Waals surface area contributed by atoms with Crippen molar-refractivity contribution in [1.29, 1.82) is 0 Å². The van der Waals surface area contributed by atoms with Crippen molar-refractivity contribution in [3.05, 3.63) is 21.7 Å². The molecule has 0 spiro atoms. The molecule has 8 nitrogen and oxygen atoms in total. The number of aromatic amines is 1. The average molecular weight is 287 g/mol. The number of aromatic nitrogens is 2. The predicted octanol–water partition coefficient (Wildman–Crippen LogP) is -1.12. The SMILES string of the molecule is Nc1nc(C2CCS(=O)(=O)C2)[nH]c(=O)c1CC(=O)O. The third-order valence-electron chi connectivity index (χ3n) is 3.01. The van der Waals surface area contributed by atoms with Gasteiger partial charge in [0.05, 0.1) is 23.5 Å². The number of anilines is 1. The Morgan fingerprint density at radius 1 is 1.53 bits per heavy atom. The minimum absolute atomic E-state index is 0.0537. The van der Waals surface area contributed by atoms with E-state index in [4.69, 9.17) is 10.8 Å². The molecule has 2 heterocycles. The van der Waals surface area contributed by atoms with Crippen LogP contribution in [0.4, 0.5) is 5.82 Å². The Bertz CT molecular complexity index is 679. The summed E-state index contributed by atoms with van der Waals surface area (Å²) in [5.41, 5.74) is 4.82.